The van der Waals surface area contributed by atoms with Crippen molar-refractivity contribution in [1.82, 2.24) is 0 Å². The van der Waals surface area contributed by atoms with Crippen LogP contribution in [-0.2, 0) is 0 Å². The van der Waals surface area contributed by atoms with E-state index in [1.807, 2.05) is 0 Å². The Labute approximate surface area is 143 Å². The highest BCUT2D eigenvalue weighted by atomic mass is 16.3. The molecule has 0 N–H and O–H groups in total. The SMILES string of the molecule is Cc1ccc2c(oc3ccccc32)c1N1[C@@H](C)C2(C)CCC1(C)C2. The molecule has 2 nitrogen and oxygen atoms in total. The van der Waals surface area contributed by atoms with Crippen molar-refractivity contribution < 1.29 is 4.42 Å². The maximum absolute atomic E-state index is 6.37. The summed E-state index contributed by atoms with van der Waals surface area (Å²) >= 11 is 0. The molecular weight excluding hydrogens is 294 g/mol. The lowest BCUT2D eigenvalue weighted by molar-refractivity contribution is 0.290. The number of furan rings is 1. The van der Waals surface area contributed by atoms with E-state index >= 15 is 0 Å². The van der Waals surface area contributed by atoms with E-state index in [9.17, 15) is 0 Å². The first-order chi connectivity index (χ1) is 11.4. The number of benzene rings is 2. The van der Waals surface area contributed by atoms with Gasteiger partial charge in [0, 0.05) is 22.4 Å². The van der Waals surface area contributed by atoms with Crippen LogP contribution in [0.1, 0.15) is 45.6 Å². The molecule has 2 heterocycles. The van der Waals surface area contributed by atoms with Crippen LogP contribution in [0.2, 0.25) is 0 Å². The Morgan fingerprint density at radius 1 is 1.04 bits per heavy atom. The molecule has 1 saturated carbocycles. The summed E-state index contributed by atoms with van der Waals surface area (Å²) in [6, 6.07) is 13.4. The van der Waals surface area contributed by atoms with E-state index in [2.05, 4.69) is 69.0 Å². The molecule has 1 aliphatic carbocycles. The van der Waals surface area contributed by atoms with E-state index in [-0.39, 0.29) is 5.54 Å². The number of aryl methyl sites for hydroxylation is 1. The smallest absolute Gasteiger partial charge is 0.158 e. The number of rotatable bonds is 1. The van der Waals surface area contributed by atoms with Gasteiger partial charge in [0.25, 0.3) is 0 Å². The molecule has 5 rings (SSSR count). The number of nitrogens with zero attached hydrogens (tertiary/aromatic N) is 1. The Bertz CT molecular complexity index is 971. The summed E-state index contributed by atoms with van der Waals surface area (Å²) in [5, 5.41) is 2.47. The average Bonchev–Trinajstić information content (AvgIpc) is 3.13. The molecular formula is C22H25NO. The fourth-order valence-electron chi connectivity index (χ4n) is 5.58. The normalized spacial score (nSPS) is 32.3. The molecule has 0 amide bonds. The zero-order chi connectivity index (χ0) is 16.7. The number of hydrogen-bond donors (Lipinski definition) is 0. The standard InChI is InChI=1S/C22H25NO/c1-14-9-10-17-16-7-5-6-8-18(16)24-20(17)19(14)23-15(2)21(3)11-12-22(23,4)13-21/h5-10,15H,11-13H2,1-4H3/t15-,21?,22?/m0/s1. The second-order valence-electron chi connectivity index (χ2n) is 8.58. The largest absolute Gasteiger partial charge is 0.454 e. The fourth-order valence-corrected chi connectivity index (χ4v) is 5.58. The van der Waals surface area contributed by atoms with E-state index < -0.39 is 0 Å². The van der Waals surface area contributed by atoms with Crippen molar-refractivity contribution in [1.29, 1.82) is 0 Å². The highest BCUT2D eigenvalue weighted by Crippen LogP contribution is 2.60. The van der Waals surface area contributed by atoms with E-state index in [0.29, 0.717) is 11.5 Å². The summed E-state index contributed by atoms with van der Waals surface area (Å²) in [7, 11) is 0. The van der Waals surface area contributed by atoms with Crippen LogP contribution in [0.4, 0.5) is 5.69 Å². The van der Waals surface area contributed by atoms with Gasteiger partial charge in [0.2, 0.25) is 0 Å². The third-order valence-corrected chi connectivity index (χ3v) is 6.96. The molecule has 2 bridgehead atoms. The third-order valence-electron chi connectivity index (χ3n) is 6.96. The molecule has 0 radical (unpaired) electrons. The van der Waals surface area contributed by atoms with Crippen LogP contribution in [-0.4, -0.2) is 11.6 Å². The van der Waals surface area contributed by atoms with Gasteiger partial charge in [-0.05, 0) is 57.1 Å². The maximum Gasteiger partial charge on any atom is 0.158 e. The van der Waals surface area contributed by atoms with Crippen molar-refractivity contribution in [3.05, 3.63) is 42.0 Å². The highest BCUT2D eigenvalue weighted by Gasteiger charge is 2.59. The van der Waals surface area contributed by atoms with Gasteiger partial charge in [-0.3, -0.25) is 0 Å². The molecule has 2 fully saturated rings. The number of piperidine rings is 1. The van der Waals surface area contributed by atoms with Gasteiger partial charge in [-0.2, -0.15) is 0 Å². The molecule has 2 unspecified atom stereocenters. The van der Waals surface area contributed by atoms with Crippen molar-refractivity contribution in [2.24, 2.45) is 5.41 Å². The number of para-hydroxylation sites is 1. The number of anilines is 1. The first-order valence-electron chi connectivity index (χ1n) is 9.13. The van der Waals surface area contributed by atoms with Crippen LogP contribution in [0, 0.1) is 12.3 Å². The van der Waals surface area contributed by atoms with Gasteiger partial charge in [-0.1, -0.05) is 37.3 Å². The molecule has 24 heavy (non-hydrogen) atoms. The summed E-state index contributed by atoms with van der Waals surface area (Å²) < 4.78 is 6.37. The van der Waals surface area contributed by atoms with Gasteiger partial charge >= 0.3 is 0 Å². The minimum atomic E-state index is 0.256. The van der Waals surface area contributed by atoms with Gasteiger partial charge in [0.05, 0.1) is 5.69 Å². The maximum atomic E-state index is 6.37. The Hall–Kier alpha value is -1.96. The molecule has 124 valence electrons. The minimum absolute atomic E-state index is 0.256. The quantitative estimate of drug-likeness (QED) is 0.542. The number of fused-ring (bicyclic) bond motifs is 5. The van der Waals surface area contributed by atoms with Crippen molar-refractivity contribution >= 4 is 27.6 Å². The summed E-state index contributed by atoms with van der Waals surface area (Å²) in [5.74, 6) is 0. The minimum Gasteiger partial charge on any atom is -0.454 e. The molecule has 2 aromatic carbocycles. The van der Waals surface area contributed by atoms with Crippen LogP contribution in [0.25, 0.3) is 21.9 Å². The van der Waals surface area contributed by atoms with Gasteiger partial charge in [0.15, 0.2) is 5.58 Å². The fraction of sp³-hybridized carbons (Fsp3) is 0.455. The summed E-state index contributed by atoms with van der Waals surface area (Å²) in [6.45, 7) is 9.55. The number of hydrogen-bond acceptors (Lipinski definition) is 2. The summed E-state index contributed by atoms with van der Waals surface area (Å²) in [5.41, 5.74) is 5.39. The Morgan fingerprint density at radius 3 is 2.58 bits per heavy atom. The van der Waals surface area contributed by atoms with Crippen LogP contribution in [0.15, 0.2) is 40.8 Å². The topological polar surface area (TPSA) is 16.4 Å². The molecule has 1 aromatic heterocycles. The van der Waals surface area contributed by atoms with Crippen molar-refractivity contribution in [3.8, 4) is 0 Å². The first-order valence-corrected chi connectivity index (χ1v) is 9.13. The molecule has 2 aliphatic rings. The average molecular weight is 319 g/mol. The van der Waals surface area contributed by atoms with Gasteiger partial charge < -0.3 is 9.32 Å². The van der Waals surface area contributed by atoms with Gasteiger partial charge in [-0.25, -0.2) is 0 Å². The molecule has 2 heteroatoms. The Kier molecular flexibility index (Phi) is 2.61. The lowest BCUT2D eigenvalue weighted by Crippen LogP contribution is -2.49. The van der Waals surface area contributed by atoms with Crippen molar-refractivity contribution in [3.63, 3.8) is 0 Å². The lowest BCUT2D eigenvalue weighted by Gasteiger charge is -2.44. The van der Waals surface area contributed by atoms with Crippen LogP contribution >= 0.6 is 0 Å². The van der Waals surface area contributed by atoms with E-state index in [1.54, 1.807) is 0 Å². The van der Waals surface area contributed by atoms with Gasteiger partial charge in [-0.15, -0.1) is 0 Å². The molecule has 1 aliphatic heterocycles. The van der Waals surface area contributed by atoms with E-state index in [1.165, 1.54) is 41.3 Å². The first kappa shape index (κ1) is 14.4. The Balaban J connectivity index is 1.82. The zero-order valence-corrected chi connectivity index (χ0v) is 15.0. The summed E-state index contributed by atoms with van der Waals surface area (Å²) in [4.78, 5) is 2.69. The molecule has 0 spiro atoms. The predicted molar refractivity (Wildman–Crippen MR) is 101 cm³/mol. The zero-order valence-electron chi connectivity index (χ0n) is 15.0. The summed E-state index contributed by atoms with van der Waals surface area (Å²) in [6.07, 6.45) is 3.91. The molecule has 3 aromatic rings. The molecule has 1 saturated heterocycles. The third kappa shape index (κ3) is 1.62. The van der Waals surface area contributed by atoms with E-state index in [0.717, 1.165) is 11.2 Å². The van der Waals surface area contributed by atoms with Crippen LogP contribution < -0.4 is 4.90 Å². The second-order valence-corrected chi connectivity index (χ2v) is 8.58. The monoisotopic (exact) mass is 319 g/mol. The van der Waals surface area contributed by atoms with E-state index in [4.69, 9.17) is 4.42 Å². The van der Waals surface area contributed by atoms with Crippen LogP contribution in [0.5, 0.6) is 0 Å². The van der Waals surface area contributed by atoms with Gasteiger partial charge in [0.1, 0.15) is 5.58 Å². The second kappa shape index (κ2) is 4.36. The highest BCUT2D eigenvalue weighted by molar-refractivity contribution is 6.09. The van der Waals surface area contributed by atoms with Crippen molar-refractivity contribution in [2.45, 2.75) is 58.5 Å². The molecule has 3 atom stereocenters. The van der Waals surface area contributed by atoms with Crippen LogP contribution in [0.3, 0.4) is 0 Å². The lowest BCUT2D eigenvalue weighted by atomic mass is 9.82. The predicted octanol–water partition coefficient (Wildman–Crippen LogP) is 6.05. The Morgan fingerprint density at radius 2 is 1.83 bits per heavy atom. The van der Waals surface area contributed by atoms with Crippen molar-refractivity contribution in [2.75, 3.05) is 4.90 Å².